The van der Waals surface area contributed by atoms with Crippen LogP contribution in [0.1, 0.15) is 23.8 Å². The molecule has 1 heterocycles. The second-order valence-corrected chi connectivity index (χ2v) is 6.91. The minimum atomic E-state index is -4.53. The molecule has 0 fully saturated rings. The van der Waals surface area contributed by atoms with Crippen LogP contribution in [0, 0.1) is 0 Å². The molecule has 0 amide bonds. The van der Waals surface area contributed by atoms with Crippen LogP contribution in [-0.2, 0) is 11.0 Å². The van der Waals surface area contributed by atoms with Gasteiger partial charge >= 0.3 is 6.18 Å². The lowest BCUT2D eigenvalue weighted by atomic mass is 10.2. The van der Waals surface area contributed by atoms with Crippen molar-refractivity contribution in [3.63, 3.8) is 0 Å². The number of rotatable bonds is 7. The van der Waals surface area contributed by atoms with Crippen LogP contribution in [0.15, 0.2) is 42.6 Å². The predicted octanol–water partition coefficient (Wildman–Crippen LogP) is 4.45. The number of ether oxygens (including phenoxy) is 2. The van der Waals surface area contributed by atoms with E-state index in [1.54, 1.807) is 18.3 Å². The van der Waals surface area contributed by atoms with Crippen molar-refractivity contribution < 1.29 is 27.4 Å². The van der Waals surface area contributed by atoms with Crippen LogP contribution >= 0.6 is 8.58 Å². The fourth-order valence-corrected chi connectivity index (χ4v) is 3.05. The fourth-order valence-electron chi connectivity index (χ4n) is 2.10. The third-order valence-electron chi connectivity index (χ3n) is 3.37. The summed E-state index contributed by atoms with van der Waals surface area (Å²) in [6.07, 6.45) is -2.97. The first-order chi connectivity index (χ1) is 11.8. The average Bonchev–Trinajstić information content (AvgIpc) is 2.59. The molecule has 0 saturated carbocycles. The van der Waals surface area contributed by atoms with Gasteiger partial charge in [0.15, 0.2) is 12.1 Å². The number of alkyl halides is 3. The van der Waals surface area contributed by atoms with E-state index < -0.39 is 18.3 Å². The van der Waals surface area contributed by atoms with E-state index in [2.05, 4.69) is 4.98 Å². The quantitative estimate of drug-likeness (QED) is 0.675. The Bertz CT molecular complexity index is 720. The zero-order valence-corrected chi connectivity index (χ0v) is 14.6. The van der Waals surface area contributed by atoms with Crippen LogP contribution in [0.2, 0.25) is 0 Å². The van der Waals surface area contributed by atoms with E-state index in [1.165, 1.54) is 25.3 Å². The topological polar surface area (TPSA) is 48.4 Å². The number of nitrogens with zero attached hydrogens (tertiary/aromatic N) is 1. The van der Waals surface area contributed by atoms with E-state index in [9.17, 15) is 18.0 Å². The van der Waals surface area contributed by atoms with Crippen LogP contribution in [0.4, 0.5) is 13.2 Å². The van der Waals surface area contributed by atoms with Crippen molar-refractivity contribution in [2.24, 2.45) is 0 Å². The van der Waals surface area contributed by atoms with Crippen molar-refractivity contribution >= 4 is 14.1 Å². The molecule has 0 N–H and O–H groups in total. The highest BCUT2D eigenvalue weighted by atomic mass is 31.1. The normalized spacial score (nSPS) is 13.0. The Morgan fingerprint density at radius 3 is 2.56 bits per heavy atom. The van der Waals surface area contributed by atoms with Gasteiger partial charge in [-0.1, -0.05) is 19.1 Å². The summed E-state index contributed by atoms with van der Waals surface area (Å²) >= 11 is 0. The first kappa shape index (κ1) is 19.2. The van der Waals surface area contributed by atoms with E-state index in [1.807, 2.05) is 6.92 Å². The number of hydrogen-bond acceptors (Lipinski definition) is 4. The molecular formula is C17H17F3NO3P. The summed E-state index contributed by atoms with van der Waals surface area (Å²) < 4.78 is 48.8. The van der Waals surface area contributed by atoms with Crippen LogP contribution in [0.25, 0.3) is 0 Å². The Balaban J connectivity index is 1.94. The van der Waals surface area contributed by atoms with Crippen molar-refractivity contribution in [3.8, 4) is 11.5 Å². The molecule has 0 spiro atoms. The summed E-state index contributed by atoms with van der Waals surface area (Å²) in [5, 5.41) is 0. The van der Waals surface area contributed by atoms with Crippen molar-refractivity contribution in [2.75, 3.05) is 13.7 Å². The summed E-state index contributed by atoms with van der Waals surface area (Å²) in [4.78, 5) is 16.2. The smallest absolute Gasteiger partial charge is 0.419 e. The predicted molar refractivity (Wildman–Crippen MR) is 89.5 cm³/mol. The summed E-state index contributed by atoms with van der Waals surface area (Å²) in [5.74, 6) is 0.265. The van der Waals surface area contributed by atoms with Crippen LogP contribution in [0.5, 0.6) is 11.5 Å². The second kappa shape index (κ2) is 8.30. The third-order valence-corrected chi connectivity index (χ3v) is 4.56. The second-order valence-electron chi connectivity index (χ2n) is 5.19. The van der Waals surface area contributed by atoms with Crippen molar-refractivity contribution in [3.05, 3.63) is 53.9 Å². The van der Waals surface area contributed by atoms with Gasteiger partial charge in [0.25, 0.3) is 0 Å². The number of methoxy groups -OCH3 is 1. The Morgan fingerprint density at radius 2 is 1.96 bits per heavy atom. The highest BCUT2D eigenvalue weighted by Crippen LogP contribution is 2.37. The molecule has 0 bridgehead atoms. The van der Waals surface area contributed by atoms with Gasteiger partial charge in [0.05, 0.1) is 18.9 Å². The van der Waals surface area contributed by atoms with E-state index >= 15 is 0 Å². The molecule has 2 unspecified atom stereocenters. The average molecular weight is 371 g/mol. The van der Waals surface area contributed by atoms with Gasteiger partial charge in [-0.15, -0.1) is 0 Å². The molecule has 2 rings (SSSR count). The summed E-state index contributed by atoms with van der Waals surface area (Å²) in [6, 6.07) is 8.32. The van der Waals surface area contributed by atoms with Gasteiger partial charge in [-0.25, -0.2) is 0 Å². The van der Waals surface area contributed by atoms with Gasteiger partial charge in [-0.2, -0.15) is 13.2 Å². The first-order valence-corrected chi connectivity index (χ1v) is 8.47. The number of benzene rings is 1. The molecule has 0 aliphatic rings. The zero-order chi connectivity index (χ0) is 18.4. The number of carbonyl (C=O) groups is 1. The third kappa shape index (κ3) is 5.43. The lowest BCUT2D eigenvalue weighted by Gasteiger charge is -2.14. The number of carbonyl (C=O) groups excluding carboxylic acids is 1. The molecule has 1 aromatic heterocycles. The maximum Gasteiger partial charge on any atom is 0.419 e. The number of para-hydroxylation sites is 1. The summed E-state index contributed by atoms with van der Waals surface area (Å²) in [7, 11) is 1.37. The number of halogens is 3. The maximum atomic E-state index is 12.9. The Morgan fingerprint density at radius 1 is 1.24 bits per heavy atom. The lowest BCUT2D eigenvalue weighted by molar-refractivity contribution is -0.139. The monoisotopic (exact) mass is 371 g/mol. The minimum Gasteiger partial charge on any atom is -0.495 e. The largest absolute Gasteiger partial charge is 0.495 e. The van der Waals surface area contributed by atoms with Gasteiger partial charge in [0.1, 0.15) is 11.5 Å². The van der Waals surface area contributed by atoms with Gasteiger partial charge < -0.3 is 9.47 Å². The number of pyridine rings is 1. The number of aromatic nitrogens is 1. The molecule has 0 aliphatic carbocycles. The standard InChI is InChI=1S/C17H17F3NO3P/c1-11(14-8-7-12(23-2)9-21-14)25-16(22)10-24-15-6-4-3-5-13(15)17(18,19)20/h3-9,11,25H,10H2,1-2H3. The SMILES string of the molecule is COc1ccc(C(C)PC(=O)COc2ccccc2C(F)(F)F)nc1. The molecular weight excluding hydrogens is 354 g/mol. The highest BCUT2D eigenvalue weighted by molar-refractivity contribution is 7.58. The molecule has 0 saturated heterocycles. The molecule has 2 aromatic rings. The summed E-state index contributed by atoms with van der Waals surface area (Å²) in [6.45, 7) is 1.42. The Labute approximate surface area is 145 Å². The van der Waals surface area contributed by atoms with Crippen LogP contribution in [0.3, 0.4) is 0 Å². The van der Waals surface area contributed by atoms with Gasteiger partial charge in [-0.3, -0.25) is 9.78 Å². The lowest BCUT2D eigenvalue weighted by Crippen LogP contribution is -2.12. The highest BCUT2D eigenvalue weighted by Gasteiger charge is 2.34. The van der Waals surface area contributed by atoms with E-state index in [0.29, 0.717) is 11.4 Å². The molecule has 4 nitrogen and oxygen atoms in total. The summed E-state index contributed by atoms with van der Waals surface area (Å²) in [5.41, 5.74) is -0.610. The van der Waals surface area contributed by atoms with Crippen molar-refractivity contribution in [1.29, 1.82) is 0 Å². The van der Waals surface area contributed by atoms with E-state index in [-0.39, 0.29) is 25.5 Å². The van der Waals surface area contributed by atoms with Crippen LogP contribution < -0.4 is 9.47 Å². The van der Waals surface area contributed by atoms with E-state index in [0.717, 1.165) is 6.07 Å². The molecule has 0 aliphatic heterocycles. The fraction of sp³-hybridized carbons (Fsp3) is 0.294. The van der Waals surface area contributed by atoms with E-state index in [4.69, 9.17) is 9.47 Å². The van der Waals surface area contributed by atoms with Gasteiger partial charge in [0.2, 0.25) is 0 Å². The van der Waals surface area contributed by atoms with Gasteiger partial charge in [-0.05, 0) is 32.8 Å². The Kier molecular flexibility index (Phi) is 6.37. The maximum absolute atomic E-state index is 12.9. The molecule has 25 heavy (non-hydrogen) atoms. The minimum absolute atomic E-state index is 0.153. The molecule has 0 radical (unpaired) electrons. The van der Waals surface area contributed by atoms with Gasteiger partial charge in [0, 0.05) is 11.4 Å². The first-order valence-electron chi connectivity index (χ1n) is 7.39. The molecule has 2 atom stereocenters. The van der Waals surface area contributed by atoms with Crippen molar-refractivity contribution in [2.45, 2.75) is 18.8 Å². The number of hydrogen-bond donors (Lipinski definition) is 0. The zero-order valence-electron chi connectivity index (χ0n) is 13.6. The van der Waals surface area contributed by atoms with Crippen LogP contribution in [-0.4, -0.2) is 24.2 Å². The molecule has 134 valence electrons. The van der Waals surface area contributed by atoms with Crippen molar-refractivity contribution in [1.82, 2.24) is 4.98 Å². The molecule has 8 heteroatoms. The Hall–Kier alpha value is -2.14. The molecule has 1 aromatic carbocycles.